The van der Waals surface area contributed by atoms with Gasteiger partial charge in [0.2, 0.25) is 0 Å². The van der Waals surface area contributed by atoms with E-state index in [0.29, 0.717) is 23.0 Å². The summed E-state index contributed by atoms with van der Waals surface area (Å²) in [6.07, 6.45) is 2.16. The number of rotatable bonds is 10. The van der Waals surface area contributed by atoms with Gasteiger partial charge in [0.05, 0.1) is 11.4 Å². The number of amides is 2. The second-order valence-corrected chi connectivity index (χ2v) is 12.8. The Bertz CT molecular complexity index is 1620. The predicted molar refractivity (Wildman–Crippen MR) is 176 cm³/mol. The van der Waals surface area contributed by atoms with E-state index in [1.54, 1.807) is 4.68 Å². The Hall–Kier alpha value is -4.57. The van der Waals surface area contributed by atoms with Crippen LogP contribution in [-0.4, -0.2) is 41.3 Å². The van der Waals surface area contributed by atoms with E-state index in [1.165, 1.54) is 24.3 Å². The van der Waals surface area contributed by atoms with Gasteiger partial charge in [-0.25, -0.2) is 9.48 Å². The van der Waals surface area contributed by atoms with Crippen molar-refractivity contribution in [2.45, 2.75) is 64.9 Å². The lowest BCUT2D eigenvalue weighted by atomic mass is 9.77. The van der Waals surface area contributed by atoms with Crippen molar-refractivity contribution in [1.29, 1.82) is 0 Å². The van der Waals surface area contributed by atoms with Crippen LogP contribution in [-0.2, 0) is 5.41 Å². The summed E-state index contributed by atoms with van der Waals surface area (Å²) in [4.78, 5) is 26.5. The molecule has 242 valence electrons. The second-order valence-electron chi connectivity index (χ2n) is 12.8. The number of hydrogen-bond donors (Lipinski definition) is 3. The maximum Gasteiger partial charge on any atom is 0.387 e. The standard InChI is InChI=1S/C36H41F2N5O3/c1-23-5-13-28(14-6-23)43-33(22-32(42-43)36(2,3)4)41-35(45)40-27-11-7-24(8-12-27)30(25-17-19-39-20-18-25)21-31(44)26-9-15-29(16-10-26)46-34(37)38/h5-16,22,25,30,34,39H,17-21H2,1-4H3,(H2,40,41,45). The Balaban J connectivity index is 1.30. The third kappa shape index (κ3) is 8.37. The van der Waals surface area contributed by atoms with Crippen LogP contribution >= 0.6 is 0 Å². The predicted octanol–water partition coefficient (Wildman–Crippen LogP) is 8.08. The number of nitrogens with one attached hydrogen (secondary N) is 3. The first-order valence-electron chi connectivity index (χ1n) is 15.6. The number of aryl methyl sites for hydroxylation is 1. The second kappa shape index (κ2) is 14.2. The van der Waals surface area contributed by atoms with Gasteiger partial charge >= 0.3 is 12.6 Å². The summed E-state index contributed by atoms with van der Waals surface area (Å²) >= 11 is 0. The summed E-state index contributed by atoms with van der Waals surface area (Å²) in [6.45, 7) is 7.09. The molecule has 4 aromatic rings. The molecule has 1 fully saturated rings. The molecule has 5 rings (SSSR count). The summed E-state index contributed by atoms with van der Waals surface area (Å²) in [5.74, 6) is 0.777. The monoisotopic (exact) mass is 629 g/mol. The van der Waals surface area contributed by atoms with Gasteiger partial charge < -0.3 is 15.4 Å². The number of alkyl halides is 2. The number of carbonyl (C=O) groups excluding carboxylic acids is 2. The van der Waals surface area contributed by atoms with E-state index < -0.39 is 12.6 Å². The van der Waals surface area contributed by atoms with Crippen LogP contribution in [0.4, 0.5) is 25.1 Å². The third-order valence-corrected chi connectivity index (χ3v) is 8.35. The molecule has 8 nitrogen and oxygen atoms in total. The van der Waals surface area contributed by atoms with E-state index in [-0.39, 0.29) is 29.3 Å². The smallest absolute Gasteiger partial charge is 0.387 e. The number of carbonyl (C=O) groups is 2. The van der Waals surface area contributed by atoms with Gasteiger partial charge in [0.1, 0.15) is 11.6 Å². The van der Waals surface area contributed by atoms with Crippen molar-refractivity contribution >= 4 is 23.3 Å². The third-order valence-electron chi connectivity index (χ3n) is 8.35. The molecule has 1 aliphatic rings. The van der Waals surface area contributed by atoms with Gasteiger partial charge in [-0.1, -0.05) is 50.6 Å². The number of benzene rings is 3. The highest BCUT2D eigenvalue weighted by Gasteiger charge is 2.28. The van der Waals surface area contributed by atoms with Crippen molar-refractivity contribution in [2.75, 3.05) is 23.7 Å². The first-order valence-corrected chi connectivity index (χ1v) is 15.6. The maximum absolute atomic E-state index is 13.3. The van der Waals surface area contributed by atoms with E-state index in [4.69, 9.17) is 5.10 Å². The van der Waals surface area contributed by atoms with Crippen LogP contribution in [0.15, 0.2) is 78.9 Å². The van der Waals surface area contributed by atoms with Crippen LogP contribution in [0.25, 0.3) is 5.69 Å². The molecule has 2 amide bonds. The van der Waals surface area contributed by atoms with E-state index in [1.807, 2.05) is 61.5 Å². The molecule has 1 aliphatic heterocycles. The zero-order chi connectivity index (χ0) is 32.8. The molecule has 0 spiro atoms. The number of piperidine rings is 1. The van der Waals surface area contributed by atoms with Crippen molar-refractivity contribution in [1.82, 2.24) is 15.1 Å². The van der Waals surface area contributed by atoms with Crippen molar-refractivity contribution in [3.63, 3.8) is 0 Å². The minimum absolute atomic E-state index is 0.0165. The summed E-state index contributed by atoms with van der Waals surface area (Å²) in [6, 6.07) is 22.9. The Morgan fingerprint density at radius 3 is 2.22 bits per heavy atom. The molecule has 1 unspecified atom stereocenters. The molecule has 1 atom stereocenters. The van der Waals surface area contributed by atoms with Gasteiger partial charge in [-0.05, 0) is 98.8 Å². The molecule has 0 bridgehead atoms. The van der Waals surface area contributed by atoms with Crippen LogP contribution in [0, 0.1) is 12.8 Å². The Morgan fingerprint density at radius 2 is 1.61 bits per heavy atom. The van der Waals surface area contributed by atoms with Gasteiger partial charge in [0.15, 0.2) is 5.78 Å². The summed E-state index contributed by atoms with van der Waals surface area (Å²) in [7, 11) is 0. The minimum Gasteiger partial charge on any atom is -0.435 e. The number of halogens is 2. The molecule has 0 radical (unpaired) electrons. The average Bonchev–Trinajstić information content (AvgIpc) is 3.45. The molecule has 2 heterocycles. The highest BCUT2D eigenvalue weighted by Crippen LogP contribution is 2.36. The fourth-order valence-electron chi connectivity index (χ4n) is 5.75. The highest BCUT2D eigenvalue weighted by molar-refractivity contribution is 5.99. The number of urea groups is 1. The Kier molecular flexibility index (Phi) is 10.2. The molecule has 10 heteroatoms. The number of nitrogens with zero attached hydrogens (tertiary/aromatic N) is 2. The molecule has 46 heavy (non-hydrogen) atoms. The van der Waals surface area contributed by atoms with Crippen LogP contribution in [0.1, 0.15) is 73.1 Å². The zero-order valence-corrected chi connectivity index (χ0v) is 26.6. The number of Topliss-reactive ketones (excluding diaryl/α,β-unsaturated/α-hetero) is 1. The fourth-order valence-corrected chi connectivity index (χ4v) is 5.75. The Labute approximate surface area is 268 Å². The zero-order valence-electron chi connectivity index (χ0n) is 26.6. The van der Waals surface area contributed by atoms with Crippen LogP contribution in [0.3, 0.4) is 0 Å². The minimum atomic E-state index is -2.92. The van der Waals surface area contributed by atoms with E-state index >= 15 is 0 Å². The van der Waals surface area contributed by atoms with Crippen molar-refractivity contribution in [3.05, 3.63) is 101 Å². The van der Waals surface area contributed by atoms with E-state index in [2.05, 4.69) is 41.5 Å². The molecule has 1 aromatic heterocycles. The molecular formula is C36H41F2N5O3. The summed E-state index contributed by atoms with van der Waals surface area (Å²) < 4.78 is 31.3. The number of aromatic nitrogens is 2. The molecular weight excluding hydrogens is 588 g/mol. The van der Waals surface area contributed by atoms with Gasteiger partial charge in [-0.3, -0.25) is 10.1 Å². The number of ketones is 1. The first kappa shape index (κ1) is 32.8. The van der Waals surface area contributed by atoms with Gasteiger partial charge in [0, 0.05) is 29.2 Å². The largest absolute Gasteiger partial charge is 0.435 e. The number of ether oxygens (including phenoxy) is 1. The van der Waals surface area contributed by atoms with Gasteiger partial charge in [-0.2, -0.15) is 13.9 Å². The average molecular weight is 630 g/mol. The van der Waals surface area contributed by atoms with E-state index in [0.717, 1.165) is 48.4 Å². The van der Waals surface area contributed by atoms with E-state index in [9.17, 15) is 18.4 Å². The van der Waals surface area contributed by atoms with Gasteiger partial charge in [-0.15, -0.1) is 0 Å². The lowest BCUT2D eigenvalue weighted by Crippen LogP contribution is -2.31. The van der Waals surface area contributed by atoms with Crippen molar-refractivity contribution in [3.8, 4) is 11.4 Å². The lowest BCUT2D eigenvalue weighted by molar-refractivity contribution is -0.0498. The fraction of sp³-hybridized carbons (Fsp3) is 0.361. The Morgan fingerprint density at radius 1 is 0.957 bits per heavy atom. The molecule has 3 N–H and O–H groups in total. The van der Waals surface area contributed by atoms with Crippen molar-refractivity contribution < 1.29 is 23.1 Å². The van der Waals surface area contributed by atoms with Crippen molar-refractivity contribution in [2.24, 2.45) is 5.92 Å². The quantitative estimate of drug-likeness (QED) is 0.154. The van der Waals surface area contributed by atoms with Crippen LogP contribution < -0.4 is 20.7 Å². The number of anilines is 2. The lowest BCUT2D eigenvalue weighted by Gasteiger charge is -2.31. The molecule has 0 aliphatic carbocycles. The maximum atomic E-state index is 13.3. The molecule has 3 aromatic carbocycles. The normalized spacial score (nSPS) is 14.6. The SMILES string of the molecule is Cc1ccc(-n2nc(C(C)(C)C)cc2NC(=O)Nc2ccc(C(CC(=O)c3ccc(OC(F)F)cc3)C3CCNCC3)cc2)cc1. The summed E-state index contributed by atoms with van der Waals surface area (Å²) in [5, 5.41) is 14.1. The highest BCUT2D eigenvalue weighted by atomic mass is 19.3. The number of hydrogen-bond acceptors (Lipinski definition) is 5. The van der Waals surface area contributed by atoms with Gasteiger partial charge in [0.25, 0.3) is 0 Å². The summed E-state index contributed by atoms with van der Waals surface area (Å²) in [5.41, 5.74) is 4.69. The van der Waals surface area contributed by atoms with Crippen LogP contribution in [0.5, 0.6) is 5.75 Å². The van der Waals surface area contributed by atoms with Crippen LogP contribution in [0.2, 0.25) is 0 Å². The first-order chi connectivity index (χ1) is 22.0. The topological polar surface area (TPSA) is 97.3 Å². The molecule has 1 saturated heterocycles. The molecule has 0 saturated carbocycles.